The monoisotopic (exact) mass is 267 g/mol. The van der Waals surface area contributed by atoms with Crippen molar-refractivity contribution in [3.05, 3.63) is 26.4 Å². The third kappa shape index (κ3) is 2.27. The number of H-pyrrole nitrogens is 1. The van der Waals surface area contributed by atoms with Crippen molar-refractivity contribution >= 4 is 0 Å². The smallest absolute Gasteiger partial charge is 0.350 e. The van der Waals surface area contributed by atoms with Crippen molar-refractivity contribution in [2.45, 2.75) is 58.5 Å². The minimum atomic E-state index is -0.569. The van der Waals surface area contributed by atoms with Gasteiger partial charge in [-0.05, 0) is 39.5 Å². The molecule has 0 saturated carbocycles. The van der Waals surface area contributed by atoms with Crippen LogP contribution in [0.2, 0.25) is 0 Å². The van der Waals surface area contributed by atoms with Gasteiger partial charge < -0.3 is 10.1 Å². The van der Waals surface area contributed by atoms with Gasteiger partial charge in [0.05, 0.1) is 5.56 Å². The fraction of sp³-hybridized carbons (Fsp3) is 0.692. The number of aromatic amines is 1. The van der Waals surface area contributed by atoms with E-state index in [2.05, 4.69) is 4.98 Å². The van der Waals surface area contributed by atoms with Gasteiger partial charge in [0.1, 0.15) is 0 Å². The predicted octanol–water partition coefficient (Wildman–Crippen LogP) is 0.704. The highest BCUT2D eigenvalue weighted by Gasteiger charge is 2.28. The van der Waals surface area contributed by atoms with Gasteiger partial charge in [-0.1, -0.05) is 6.92 Å². The molecule has 0 radical (unpaired) electrons. The highest BCUT2D eigenvalue weighted by atomic mass is 16.3. The summed E-state index contributed by atoms with van der Waals surface area (Å²) in [5.41, 5.74) is -0.816. The van der Waals surface area contributed by atoms with Gasteiger partial charge in [-0.3, -0.25) is 9.78 Å². The summed E-state index contributed by atoms with van der Waals surface area (Å²) in [6.07, 6.45) is 3.43. The second kappa shape index (κ2) is 5.11. The van der Waals surface area contributed by atoms with E-state index in [1.807, 2.05) is 18.9 Å². The van der Waals surface area contributed by atoms with Gasteiger partial charge in [0.15, 0.2) is 0 Å². The molecular formula is C13H21N3O3. The third-order valence-electron chi connectivity index (χ3n) is 3.89. The molecule has 1 aliphatic rings. The van der Waals surface area contributed by atoms with Crippen LogP contribution in [0.1, 0.15) is 45.6 Å². The van der Waals surface area contributed by atoms with E-state index in [1.54, 1.807) is 6.92 Å². The Morgan fingerprint density at radius 3 is 2.37 bits per heavy atom. The largest absolute Gasteiger partial charge is 0.493 e. The van der Waals surface area contributed by atoms with Crippen LogP contribution in [-0.2, 0) is 6.42 Å². The Morgan fingerprint density at radius 1 is 1.26 bits per heavy atom. The summed E-state index contributed by atoms with van der Waals surface area (Å²) in [5.74, 6) is -0.225. The lowest BCUT2D eigenvalue weighted by atomic mass is 10.00. The Balaban J connectivity index is 2.61. The Bertz CT molecular complexity index is 565. The molecule has 0 aromatic carbocycles. The quantitative estimate of drug-likeness (QED) is 0.827. The summed E-state index contributed by atoms with van der Waals surface area (Å²) in [4.78, 5) is 26.0. The fourth-order valence-electron chi connectivity index (χ4n) is 2.89. The van der Waals surface area contributed by atoms with Crippen LogP contribution in [0.4, 0.5) is 0 Å². The van der Waals surface area contributed by atoms with E-state index in [9.17, 15) is 14.7 Å². The number of nitrogens with zero attached hydrogens (tertiary/aromatic N) is 2. The van der Waals surface area contributed by atoms with Gasteiger partial charge in [-0.2, -0.15) is 4.68 Å². The number of rotatable bonds is 2. The molecule has 2 heterocycles. The van der Waals surface area contributed by atoms with Crippen molar-refractivity contribution in [1.29, 1.82) is 0 Å². The number of piperidine rings is 1. The molecule has 2 rings (SSSR count). The zero-order valence-corrected chi connectivity index (χ0v) is 11.6. The lowest BCUT2D eigenvalue weighted by Crippen LogP contribution is -2.56. The summed E-state index contributed by atoms with van der Waals surface area (Å²) in [5, 5.41) is 12.1. The zero-order chi connectivity index (χ0) is 14.2. The third-order valence-corrected chi connectivity index (χ3v) is 3.89. The van der Waals surface area contributed by atoms with Gasteiger partial charge in [-0.25, -0.2) is 4.79 Å². The van der Waals surface area contributed by atoms with Crippen molar-refractivity contribution < 1.29 is 5.11 Å². The van der Waals surface area contributed by atoms with Gasteiger partial charge in [0.25, 0.3) is 5.56 Å². The topological polar surface area (TPSA) is 78.3 Å². The highest BCUT2D eigenvalue weighted by molar-refractivity contribution is 5.25. The first-order valence-corrected chi connectivity index (χ1v) is 6.83. The molecule has 1 aliphatic heterocycles. The Labute approximate surface area is 111 Å². The number of aromatic nitrogens is 2. The molecule has 0 aliphatic carbocycles. The van der Waals surface area contributed by atoms with Crippen molar-refractivity contribution in [3.8, 4) is 5.88 Å². The van der Waals surface area contributed by atoms with Crippen LogP contribution in [0.3, 0.4) is 0 Å². The molecule has 6 nitrogen and oxygen atoms in total. The molecule has 2 atom stereocenters. The lowest BCUT2D eigenvalue weighted by Gasteiger charge is -2.41. The first kappa shape index (κ1) is 13.7. The molecule has 1 saturated heterocycles. The minimum Gasteiger partial charge on any atom is -0.493 e. The van der Waals surface area contributed by atoms with E-state index in [-0.39, 0.29) is 23.5 Å². The second-order valence-corrected chi connectivity index (χ2v) is 5.24. The molecule has 106 valence electrons. The molecule has 2 N–H and O–H groups in total. The molecule has 2 unspecified atom stereocenters. The number of aromatic hydroxyl groups is 1. The van der Waals surface area contributed by atoms with E-state index in [0.29, 0.717) is 6.42 Å². The van der Waals surface area contributed by atoms with Crippen LogP contribution in [0.15, 0.2) is 9.59 Å². The number of hydrogen-bond donors (Lipinski definition) is 2. The van der Waals surface area contributed by atoms with Gasteiger partial charge in [-0.15, -0.1) is 0 Å². The molecule has 0 spiro atoms. The van der Waals surface area contributed by atoms with Crippen LogP contribution in [0, 0.1) is 0 Å². The van der Waals surface area contributed by atoms with Crippen molar-refractivity contribution in [3.63, 3.8) is 0 Å². The van der Waals surface area contributed by atoms with Crippen LogP contribution >= 0.6 is 0 Å². The predicted molar refractivity (Wildman–Crippen MR) is 73.4 cm³/mol. The van der Waals surface area contributed by atoms with Gasteiger partial charge in [0.2, 0.25) is 5.88 Å². The van der Waals surface area contributed by atoms with E-state index in [1.165, 1.54) is 4.68 Å². The maximum atomic E-state index is 12.0. The summed E-state index contributed by atoms with van der Waals surface area (Å²) < 4.78 is 1.23. The molecule has 6 heteroatoms. The maximum absolute atomic E-state index is 12.0. The van der Waals surface area contributed by atoms with Gasteiger partial charge >= 0.3 is 5.69 Å². The maximum Gasteiger partial charge on any atom is 0.350 e. The first-order chi connectivity index (χ1) is 8.97. The standard InChI is InChI=1S/C13H21N3O3/c1-4-10-11(17)14-13(19)16(12(10)18)15-8(2)6-5-7-9(15)3/h8-9,18H,4-7H2,1-3H3,(H,14,17,19). The Hall–Kier alpha value is -1.72. The average molecular weight is 267 g/mol. The van der Waals surface area contributed by atoms with Crippen molar-refractivity contribution in [2.75, 3.05) is 5.01 Å². The first-order valence-electron chi connectivity index (χ1n) is 6.83. The average Bonchev–Trinajstić information content (AvgIpc) is 2.33. The zero-order valence-electron chi connectivity index (χ0n) is 11.6. The second-order valence-electron chi connectivity index (χ2n) is 5.24. The fourth-order valence-corrected chi connectivity index (χ4v) is 2.89. The molecule has 1 fully saturated rings. The Kier molecular flexibility index (Phi) is 3.68. The molecular weight excluding hydrogens is 246 g/mol. The molecule has 0 amide bonds. The van der Waals surface area contributed by atoms with Crippen LogP contribution < -0.4 is 16.3 Å². The molecule has 0 bridgehead atoms. The summed E-state index contributed by atoms with van der Waals surface area (Å²) in [7, 11) is 0. The van der Waals surface area contributed by atoms with E-state index < -0.39 is 11.2 Å². The van der Waals surface area contributed by atoms with Crippen LogP contribution in [0.25, 0.3) is 0 Å². The molecule has 19 heavy (non-hydrogen) atoms. The van der Waals surface area contributed by atoms with Crippen molar-refractivity contribution in [1.82, 2.24) is 9.66 Å². The molecule has 1 aromatic rings. The van der Waals surface area contributed by atoms with Gasteiger partial charge in [0, 0.05) is 12.1 Å². The normalized spacial score (nSPS) is 23.6. The van der Waals surface area contributed by atoms with Crippen LogP contribution in [-0.4, -0.2) is 26.9 Å². The molecule has 1 aromatic heterocycles. The van der Waals surface area contributed by atoms with E-state index in [4.69, 9.17) is 0 Å². The highest BCUT2D eigenvalue weighted by Crippen LogP contribution is 2.23. The SMILES string of the molecule is CCc1c(O)n(N2C(C)CCCC2C)c(=O)[nH]c1=O. The summed E-state index contributed by atoms with van der Waals surface area (Å²) in [6.45, 7) is 5.83. The number of hydrogen-bond acceptors (Lipinski definition) is 4. The van der Waals surface area contributed by atoms with E-state index >= 15 is 0 Å². The summed E-state index contributed by atoms with van der Waals surface area (Å²) >= 11 is 0. The lowest BCUT2D eigenvalue weighted by molar-refractivity contribution is 0.293. The van der Waals surface area contributed by atoms with Crippen LogP contribution in [0.5, 0.6) is 5.88 Å². The minimum absolute atomic E-state index is 0.156. The Morgan fingerprint density at radius 2 is 1.84 bits per heavy atom. The summed E-state index contributed by atoms with van der Waals surface area (Å²) in [6, 6.07) is 0.311. The van der Waals surface area contributed by atoms with E-state index in [0.717, 1.165) is 19.3 Å². The number of nitrogens with one attached hydrogen (secondary N) is 1. The van der Waals surface area contributed by atoms with Crippen molar-refractivity contribution in [2.24, 2.45) is 0 Å².